The molecule has 0 aromatic heterocycles. The lowest BCUT2D eigenvalue weighted by molar-refractivity contribution is 0.388. The SMILES string of the molecule is CC=C(c1cccc(C)c1)P(=O)(O)O. The molecule has 1 rings (SSSR count). The molecule has 0 saturated heterocycles. The van der Waals surface area contributed by atoms with Gasteiger partial charge in [0, 0.05) is 0 Å². The Kier molecular flexibility index (Phi) is 3.27. The van der Waals surface area contributed by atoms with Crippen LogP contribution in [-0.2, 0) is 4.57 Å². The maximum atomic E-state index is 11.1. The van der Waals surface area contributed by atoms with Gasteiger partial charge in [0.15, 0.2) is 0 Å². The highest BCUT2D eigenvalue weighted by atomic mass is 31.2. The van der Waals surface area contributed by atoms with Gasteiger partial charge in [0.25, 0.3) is 0 Å². The van der Waals surface area contributed by atoms with Crippen LogP contribution in [0.2, 0.25) is 0 Å². The lowest BCUT2D eigenvalue weighted by Crippen LogP contribution is -1.87. The molecule has 0 aliphatic carbocycles. The highest BCUT2D eigenvalue weighted by molar-refractivity contribution is 7.63. The zero-order valence-corrected chi connectivity index (χ0v) is 9.03. The van der Waals surface area contributed by atoms with Gasteiger partial charge in [-0.1, -0.05) is 35.9 Å². The molecule has 0 spiro atoms. The molecule has 0 aliphatic rings. The molecule has 2 N–H and O–H groups in total. The van der Waals surface area contributed by atoms with Crippen molar-refractivity contribution in [3.05, 3.63) is 41.5 Å². The number of hydrogen-bond acceptors (Lipinski definition) is 1. The van der Waals surface area contributed by atoms with Crippen LogP contribution in [0.4, 0.5) is 0 Å². The molecule has 0 atom stereocenters. The summed E-state index contributed by atoms with van der Waals surface area (Å²) in [6.45, 7) is 3.51. The predicted octanol–water partition coefficient (Wildman–Crippen LogP) is 2.53. The molecule has 1 aromatic rings. The number of allylic oxidation sites excluding steroid dienone is 1. The molecule has 4 heteroatoms. The van der Waals surface area contributed by atoms with Gasteiger partial charge in [-0.3, -0.25) is 4.57 Å². The molecule has 0 heterocycles. The molecule has 0 unspecified atom stereocenters. The summed E-state index contributed by atoms with van der Waals surface area (Å²) >= 11 is 0. The van der Waals surface area contributed by atoms with Crippen molar-refractivity contribution in [2.45, 2.75) is 13.8 Å². The van der Waals surface area contributed by atoms with Gasteiger partial charge in [-0.05, 0) is 19.4 Å². The Morgan fingerprint density at radius 2 is 2.07 bits per heavy atom. The molecule has 0 aliphatic heterocycles. The van der Waals surface area contributed by atoms with E-state index in [1.807, 2.05) is 13.0 Å². The van der Waals surface area contributed by atoms with Crippen LogP contribution < -0.4 is 0 Å². The molecule has 1 aromatic carbocycles. The summed E-state index contributed by atoms with van der Waals surface area (Å²) in [4.78, 5) is 18.1. The van der Waals surface area contributed by atoms with E-state index in [9.17, 15) is 4.57 Å². The van der Waals surface area contributed by atoms with Crippen LogP contribution in [-0.4, -0.2) is 9.79 Å². The van der Waals surface area contributed by atoms with E-state index < -0.39 is 7.60 Å². The Labute approximate surface area is 83.3 Å². The van der Waals surface area contributed by atoms with Gasteiger partial charge in [0.2, 0.25) is 0 Å². The van der Waals surface area contributed by atoms with E-state index in [-0.39, 0.29) is 5.31 Å². The first-order chi connectivity index (χ1) is 6.45. The molecule has 0 radical (unpaired) electrons. The van der Waals surface area contributed by atoms with Crippen LogP contribution in [0.15, 0.2) is 30.3 Å². The average Bonchev–Trinajstić information content (AvgIpc) is 2.02. The molecule has 3 nitrogen and oxygen atoms in total. The minimum atomic E-state index is -4.16. The fourth-order valence-corrected chi connectivity index (χ4v) is 2.12. The summed E-state index contributed by atoms with van der Waals surface area (Å²) in [6.07, 6.45) is 1.45. The largest absolute Gasteiger partial charge is 0.356 e. The van der Waals surface area contributed by atoms with E-state index in [0.29, 0.717) is 5.56 Å². The fourth-order valence-electron chi connectivity index (χ4n) is 1.31. The second kappa shape index (κ2) is 4.09. The van der Waals surface area contributed by atoms with Crippen molar-refractivity contribution in [1.29, 1.82) is 0 Å². The minimum Gasteiger partial charge on any atom is -0.321 e. The third-order valence-corrected chi connectivity index (χ3v) is 3.05. The average molecular weight is 212 g/mol. The number of hydrogen-bond donors (Lipinski definition) is 2. The molecule has 0 saturated carbocycles. The van der Waals surface area contributed by atoms with E-state index in [1.54, 1.807) is 25.1 Å². The van der Waals surface area contributed by atoms with Crippen LogP contribution in [0.1, 0.15) is 18.1 Å². The Balaban J connectivity index is 3.23. The summed E-state index contributed by atoms with van der Waals surface area (Å²) in [6, 6.07) is 7.12. The van der Waals surface area contributed by atoms with Crippen molar-refractivity contribution in [1.82, 2.24) is 0 Å². The number of aryl methyl sites for hydroxylation is 1. The van der Waals surface area contributed by atoms with Crippen LogP contribution in [0, 0.1) is 6.92 Å². The topological polar surface area (TPSA) is 57.5 Å². The van der Waals surface area contributed by atoms with Crippen molar-refractivity contribution in [3.8, 4) is 0 Å². The van der Waals surface area contributed by atoms with Crippen molar-refractivity contribution >= 4 is 12.9 Å². The van der Waals surface area contributed by atoms with Gasteiger partial charge in [0.1, 0.15) is 0 Å². The van der Waals surface area contributed by atoms with Gasteiger partial charge >= 0.3 is 7.60 Å². The molecule has 76 valence electrons. The maximum absolute atomic E-state index is 11.1. The third kappa shape index (κ3) is 2.55. The first kappa shape index (κ1) is 11.2. The third-order valence-electron chi connectivity index (χ3n) is 1.90. The van der Waals surface area contributed by atoms with Crippen molar-refractivity contribution in [2.24, 2.45) is 0 Å². The van der Waals surface area contributed by atoms with Gasteiger partial charge in [-0.25, -0.2) is 0 Å². The first-order valence-electron chi connectivity index (χ1n) is 4.24. The predicted molar refractivity (Wildman–Crippen MR) is 56.9 cm³/mol. The lowest BCUT2D eigenvalue weighted by atomic mass is 10.1. The Morgan fingerprint density at radius 1 is 1.43 bits per heavy atom. The monoisotopic (exact) mass is 212 g/mol. The maximum Gasteiger partial charge on any atom is 0.356 e. The minimum absolute atomic E-state index is 0.0844. The van der Waals surface area contributed by atoms with Gasteiger partial charge in [-0.2, -0.15) is 0 Å². The van der Waals surface area contributed by atoms with Crippen molar-refractivity contribution < 1.29 is 14.4 Å². The van der Waals surface area contributed by atoms with Gasteiger partial charge < -0.3 is 9.79 Å². The van der Waals surface area contributed by atoms with Crippen molar-refractivity contribution in [3.63, 3.8) is 0 Å². The summed E-state index contributed by atoms with van der Waals surface area (Å²) in [5.74, 6) is 0. The summed E-state index contributed by atoms with van der Waals surface area (Å²) in [7, 11) is -4.16. The first-order valence-corrected chi connectivity index (χ1v) is 5.86. The van der Waals surface area contributed by atoms with E-state index in [0.717, 1.165) is 5.56 Å². The lowest BCUT2D eigenvalue weighted by Gasteiger charge is -2.09. The highest BCUT2D eigenvalue weighted by Crippen LogP contribution is 2.50. The zero-order chi connectivity index (χ0) is 10.8. The highest BCUT2D eigenvalue weighted by Gasteiger charge is 2.21. The van der Waals surface area contributed by atoms with E-state index in [2.05, 4.69) is 0 Å². The van der Waals surface area contributed by atoms with Crippen molar-refractivity contribution in [2.75, 3.05) is 0 Å². The Hall–Kier alpha value is -0.890. The number of rotatable bonds is 2. The summed E-state index contributed by atoms with van der Waals surface area (Å²) in [5, 5.41) is 0.0844. The quantitative estimate of drug-likeness (QED) is 0.740. The van der Waals surface area contributed by atoms with E-state index >= 15 is 0 Å². The second-order valence-corrected chi connectivity index (χ2v) is 4.66. The van der Waals surface area contributed by atoms with E-state index in [1.165, 1.54) is 6.08 Å². The molecule has 0 amide bonds. The van der Waals surface area contributed by atoms with Gasteiger partial charge in [0.05, 0.1) is 5.31 Å². The molecule has 0 bridgehead atoms. The zero-order valence-electron chi connectivity index (χ0n) is 8.14. The number of benzene rings is 1. The summed E-state index contributed by atoms with van der Waals surface area (Å²) < 4.78 is 11.1. The van der Waals surface area contributed by atoms with Crippen LogP contribution in [0.25, 0.3) is 5.31 Å². The molecular weight excluding hydrogens is 199 g/mol. The van der Waals surface area contributed by atoms with Crippen LogP contribution >= 0.6 is 7.60 Å². The normalized spacial score (nSPS) is 13.0. The van der Waals surface area contributed by atoms with Crippen LogP contribution in [0.3, 0.4) is 0 Å². The second-order valence-electron chi connectivity index (χ2n) is 3.09. The Bertz CT molecular complexity index is 404. The molecule has 14 heavy (non-hydrogen) atoms. The standard InChI is InChI=1S/C10H13O3P/c1-3-10(14(11,12)13)9-6-4-5-8(2)7-9/h3-7H,1-2H3,(H2,11,12,13). The van der Waals surface area contributed by atoms with Crippen LogP contribution in [0.5, 0.6) is 0 Å². The summed E-state index contributed by atoms with van der Waals surface area (Å²) in [5.41, 5.74) is 1.57. The van der Waals surface area contributed by atoms with Gasteiger partial charge in [-0.15, -0.1) is 0 Å². The molecular formula is C10H13O3P. The fraction of sp³-hybridized carbons (Fsp3) is 0.200. The Morgan fingerprint density at radius 3 is 2.50 bits per heavy atom. The van der Waals surface area contributed by atoms with E-state index in [4.69, 9.17) is 9.79 Å². The smallest absolute Gasteiger partial charge is 0.321 e. The molecule has 0 fully saturated rings.